The summed E-state index contributed by atoms with van der Waals surface area (Å²) in [6, 6.07) is 4.15. The van der Waals surface area contributed by atoms with Gasteiger partial charge in [-0.05, 0) is 37.0 Å². The van der Waals surface area contributed by atoms with Gasteiger partial charge in [0.15, 0.2) is 0 Å². The zero-order valence-corrected chi connectivity index (χ0v) is 8.58. The minimum atomic E-state index is 0.460. The number of fused-ring (bicyclic) bond motifs is 1. The van der Waals surface area contributed by atoms with E-state index in [2.05, 4.69) is 24.9 Å². The van der Waals surface area contributed by atoms with Gasteiger partial charge in [0.2, 0.25) is 5.71 Å². The molecule has 0 amide bonds. The second kappa shape index (κ2) is 3.45. The van der Waals surface area contributed by atoms with Crippen molar-refractivity contribution in [2.75, 3.05) is 0 Å². The van der Waals surface area contributed by atoms with Crippen molar-refractivity contribution in [3.8, 4) is 0 Å². The molecular formula is C12H14NO. The third-order valence-corrected chi connectivity index (χ3v) is 2.52. The standard InChI is InChI=1S/C12H14NO/c1-4-8(2)11-6-10-5-9(3)14-12(10)13-7-11/h5-8H,1,4H2,2-3H3. The fraction of sp³-hybridized carbons (Fsp3) is 0.333. The number of hydrogen-bond acceptors (Lipinski definition) is 2. The molecule has 0 N–H and O–H groups in total. The van der Waals surface area contributed by atoms with E-state index in [0.717, 1.165) is 23.3 Å². The van der Waals surface area contributed by atoms with Gasteiger partial charge < -0.3 is 4.42 Å². The van der Waals surface area contributed by atoms with Crippen LogP contribution < -0.4 is 0 Å². The van der Waals surface area contributed by atoms with Crippen molar-refractivity contribution in [1.29, 1.82) is 0 Å². The van der Waals surface area contributed by atoms with Crippen molar-refractivity contribution in [2.45, 2.75) is 26.2 Å². The Kier molecular flexibility index (Phi) is 2.28. The second-order valence-electron chi connectivity index (χ2n) is 3.71. The molecule has 2 heterocycles. The van der Waals surface area contributed by atoms with E-state index in [4.69, 9.17) is 4.42 Å². The van der Waals surface area contributed by atoms with E-state index in [1.165, 1.54) is 5.56 Å². The molecule has 0 bridgehead atoms. The average molecular weight is 188 g/mol. The summed E-state index contributed by atoms with van der Waals surface area (Å²) in [6.45, 7) is 7.99. The van der Waals surface area contributed by atoms with Crippen LogP contribution in [0.25, 0.3) is 11.1 Å². The number of aryl methyl sites for hydroxylation is 1. The molecule has 1 radical (unpaired) electrons. The van der Waals surface area contributed by atoms with Crippen molar-refractivity contribution in [1.82, 2.24) is 4.98 Å². The van der Waals surface area contributed by atoms with Crippen LogP contribution in [0, 0.1) is 13.8 Å². The molecular weight excluding hydrogens is 174 g/mol. The molecule has 73 valence electrons. The lowest BCUT2D eigenvalue weighted by Crippen LogP contribution is -1.91. The maximum Gasteiger partial charge on any atom is 0.226 e. The maximum atomic E-state index is 5.41. The summed E-state index contributed by atoms with van der Waals surface area (Å²) in [4.78, 5) is 4.28. The summed E-state index contributed by atoms with van der Waals surface area (Å²) in [7, 11) is 0. The monoisotopic (exact) mass is 188 g/mol. The van der Waals surface area contributed by atoms with Crippen molar-refractivity contribution in [3.63, 3.8) is 0 Å². The molecule has 0 fully saturated rings. The molecule has 0 aliphatic rings. The van der Waals surface area contributed by atoms with Gasteiger partial charge in [0, 0.05) is 11.6 Å². The van der Waals surface area contributed by atoms with Gasteiger partial charge in [-0.3, -0.25) is 0 Å². The second-order valence-corrected chi connectivity index (χ2v) is 3.71. The van der Waals surface area contributed by atoms with E-state index >= 15 is 0 Å². The minimum absolute atomic E-state index is 0.460. The van der Waals surface area contributed by atoms with Gasteiger partial charge in [-0.15, -0.1) is 0 Å². The lowest BCUT2D eigenvalue weighted by Gasteiger charge is -2.06. The highest BCUT2D eigenvalue weighted by molar-refractivity contribution is 5.74. The molecule has 2 aromatic heterocycles. The number of nitrogens with zero attached hydrogens (tertiary/aromatic N) is 1. The largest absolute Gasteiger partial charge is 0.443 e. The normalized spacial score (nSPS) is 13.4. The van der Waals surface area contributed by atoms with Gasteiger partial charge in [-0.1, -0.05) is 13.8 Å². The summed E-state index contributed by atoms with van der Waals surface area (Å²) < 4.78 is 5.41. The van der Waals surface area contributed by atoms with Crippen LogP contribution in [-0.2, 0) is 0 Å². The molecule has 0 aliphatic carbocycles. The van der Waals surface area contributed by atoms with Crippen molar-refractivity contribution in [2.24, 2.45) is 0 Å². The Labute approximate surface area is 84.0 Å². The van der Waals surface area contributed by atoms with Crippen LogP contribution in [0.2, 0.25) is 0 Å². The van der Waals surface area contributed by atoms with E-state index in [1.807, 2.05) is 19.2 Å². The number of hydrogen-bond donors (Lipinski definition) is 0. The van der Waals surface area contributed by atoms with Crippen molar-refractivity contribution >= 4 is 11.1 Å². The molecule has 0 spiro atoms. The van der Waals surface area contributed by atoms with E-state index in [9.17, 15) is 0 Å². The predicted molar refractivity (Wildman–Crippen MR) is 57.1 cm³/mol. The number of rotatable bonds is 2. The summed E-state index contributed by atoms with van der Waals surface area (Å²) in [6.07, 6.45) is 2.77. The Morgan fingerprint density at radius 1 is 1.50 bits per heavy atom. The van der Waals surface area contributed by atoms with E-state index in [1.54, 1.807) is 0 Å². The highest BCUT2D eigenvalue weighted by atomic mass is 16.3. The van der Waals surface area contributed by atoms with Gasteiger partial charge in [0.1, 0.15) is 5.76 Å². The summed E-state index contributed by atoms with van der Waals surface area (Å²) in [5.74, 6) is 1.37. The van der Waals surface area contributed by atoms with Crippen LogP contribution >= 0.6 is 0 Å². The van der Waals surface area contributed by atoms with E-state index in [0.29, 0.717) is 5.92 Å². The number of furan rings is 1. The van der Waals surface area contributed by atoms with Crippen LogP contribution in [0.5, 0.6) is 0 Å². The quantitative estimate of drug-likeness (QED) is 0.721. The first-order chi connectivity index (χ1) is 6.70. The Bertz CT molecular complexity index is 445. The predicted octanol–water partition coefficient (Wildman–Crippen LogP) is 3.46. The molecule has 0 aromatic carbocycles. The average Bonchev–Trinajstić information content (AvgIpc) is 2.55. The highest BCUT2D eigenvalue weighted by Crippen LogP contribution is 2.23. The topological polar surface area (TPSA) is 26.0 Å². The first-order valence-corrected chi connectivity index (χ1v) is 4.86. The van der Waals surface area contributed by atoms with Crippen molar-refractivity contribution < 1.29 is 4.42 Å². The van der Waals surface area contributed by atoms with Gasteiger partial charge in [-0.25, -0.2) is 4.98 Å². The zero-order valence-electron chi connectivity index (χ0n) is 8.58. The summed E-state index contributed by atoms with van der Waals surface area (Å²) in [5, 5.41) is 1.08. The number of aromatic nitrogens is 1. The molecule has 0 saturated heterocycles. The number of pyridine rings is 1. The van der Waals surface area contributed by atoms with Crippen molar-refractivity contribution in [3.05, 3.63) is 36.6 Å². The van der Waals surface area contributed by atoms with E-state index in [-0.39, 0.29) is 0 Å². The molecule has 14 heavy (non-hydrogen) atoms. The molecule has 2 heteroatoms. The Balaban J connectivity index is 2.50. The smallest absolute Gasteiger partial charge is 0.226 e. The first-order valence-electron chi connectivity index (χ1n) is 4.86. The molecule has 2 nitrogen and oxygen atoms in total. The molecule has 1 atom stereocenters. The Hall–Kier alpha value is -1.31. The Morgan fingerprint density at radius 3 is 3.00 bits per heavy atom. The van der Waals surface area contributed by atoms with Crippen LogP contribution in [0.4, 0.5) is 0 Å². The SMILES string of the molecule is [CH2]CC(C)c1cnc2oc(C)cc2c1. The fourth-order valence-corrected chi connectivity index (χ4v) is 1.51. The lowest BCUT2D eigenvalue weighted by molar-refractivity contribution is 0.567. The van der Waals surface area contributed by atoms with Crippen LogP contribution in [0.1, 0.15) is 30.6 Å². The van der Waals surface area contributed by atoms with Gasteiger partial charge >= 0.3 is 0 Å². The van der Waals surface area contributed by atoms with Crippen LogP contribution in [0.15, 0.2) is 22.7 Å². The molecule has 2 rings (SSSR count). The van der Waals surface area contributed by atoms with Crippen LogP contribution in [0.3, 0.4) is 0 Å². The summed E-state index contributed by atoms with van der Waals surface area (Å²) in [5.41, 5.74) is 1.95. The van der Waals surface area contributed by atoms with Gasteiger partial charge in [-0.2, -0.15) is 0 Å². The highest BCUT2D eigenvalue weighted by Gasteiger charge is 2.07. The third kappa shape index (κ3) is 1.52. The van der Waals surface area contributed by atoms with Gasteiger partial charge in [0.25, 0.3) is 0 Å². The summed E-state index contributed by atoms with van der Waals surface area (Å²) >= 11 is 0. The van der Waals surface area contributed by atoms with Crippen LogP contribution in [-0.4, -0.2) is 4.98 Å². The van der Waals surface area contributed by atoms with E-state index < -0.39 is 0 Å². The first kappa shape index (κ1) is 9.25. The third-order valence-electron chi connectivity index (χ3n) is 2.52. The minimum Gasteiger partial charge on any atom is -0.443 e. The fourth-order valence-electron chi connectivity index (χ4n) is 1.51. The molecule has 2 aromatic rings. The molecule has 0 aliphatic heterocycles. The Morgan fingerprint density at radius 2 is 2.29 bits per heavy atom. The zero-order chi connectivity index (χ0) is 10.1. The maximum absolute atomic E-state index is 5.41. The van der Waals surface area contributed by atoms with Gasteiger partial charge in [0.05, 0.1) is 0 Å². The molecule has 0 saturated carbocycles. The molecule has 1 unspecified atom stereocenters. The lowest BCUT2D eigenvalue weighted by atomic mass is 10.00.